The highest BCUT2D eigenvalue weighted by atomic mass is 16.6. The summed E-state index contributed by atoms with van der Waals surface area (Å²) in [5, 5.41) is 9.37. The number of phenols is 1. The van der Waals surface area contributed by atoms with E-state index in [4.69, 9.17) is 9.47 Å². The Morgan fingerprint density at radius 2 is 1.87 bits per heavy atom. The molecule has 1 N–H and O–H groups in total. The summed E-state index contributed by atoms with van der Waals surface area (Å²) < 4.78 is 10.6. The Morgan fingerprint density at radius 3 is 2.39 bits per heavy atom. The van der Waals surface area contributed by atoms with Gasteiger partial charge in [0.1, 0.15) is 11.4 Å². The number of ether oxygens (including phenoxy) is 2. The Kier molecular flexibility index (Phi) is 4.68. The lowest BCUT2D eigenvalue weighted by atomic mass is 9.93. The van der Waals surface area contributed by atoms with Crippen molar-refractivity contribution in [1.82, 2.24) is 0 Å². The van der Waals surface area contributed by atoms with Crippen LogP contribution in [-0.4, -0.2) is 29.3 Å². The normalized spacial score (nSPS) is 23.2. The van der Waals surface area contributed by atoms with E-state index >= 15 is 0 Å². The minimum absolute atomic E-state index is 0.165. The van der Waals surface area contributed by atoms with Crippen LogP contribution in [0.15, 0.2) is 24.3 Å². The second kappa shape index (κ2) is 6.22. The number of hydrogen-bond acceptors (Lipinski definition) is 5. The number of aromatic hydroxyl groups is 1. The van der Waals surface area contributed by atoms with E-state index in [1.54, 1.807) is 52.0 Å². The predicted molar refractivity (Wildman–Crippen MR) is 84.8 cm³/mol. The van der Waals surface area contributed by atoms with Crippen molar-refractivity contribution in [1.29, 1.82) is 0 Å². The second-order valence-electron chi connectivity index (χ2n) is 7.01. The molecule has 0 bridgehead atoms. The molecule has 23 heavy (non-hydrogen) atoms. The highest BCUT2D eigenvalue weighted by molar-refractivity contribution is 5.91. The molecule has 1 aromatic carbocycles. The van der Waals surface area contributed by atoms with Gasteiger partial charge in [0.25, 0.3) is 0 Å². The monoisotopic (exact) mass is 320 g/mol. The van der Waals surface area contributed by atoms with Gasteiger partial charge < -0.3 is 14.6 Å². The number of carbonyl (C=O) groups excluding carboxylic acids is 2. The fourth-order valence-corrected chi connectivity index (χ4v) is 2.73. The highest BCUT2D eigenvalue weighted by Crippen LogP contribution is 2.56. The minimum Gasteiger partial charge on any atom is -0.508 e. The molecule has 5 nitrogen and oxygen atoms in total. The molecule has 0 saturated heterocycles. The van der Waals surface area contributed by atoms with Crippen molar-refractivity contribution < 1.29 is 24.2 Å². The first kappa shape index (κ1) is 17.3. The third kappa shape index (κ3) is 4.03. The topological polar surface area (TPSA) is 72.8 Å². The zero-order valence-electron chi connectivity index (χ0n) is 14.1. The van der Waals surface area contributed by atoms with Gasteiger partial charge in [-0.05, 0) is 58.2 Å². The van der Waals surface area contributed by atoms with Crippen LogP contribution in [0.4, 0.5) is 0 Å². The van der Waals surface area contributed by atoms with Crippen LogP contribution in [0.1, 0.15) is 39.7 Å². The molecule has 0 amide bonds. The smallest absolute Gasteiger partial charge is 0.313 e. The highest BCUT2D eigenvalue weighted by Gasteiger charge is 2.65. The van der Waals surface area contributed by atoms with E-state index in [0.717, 1.165) is 5.56 Å². The first-order valence-corrected chi connectivity index (χ1v) is 7.86. The van der Waals surface area contributed by atoms with E-state index in [1.165, 1.54) is 0 Å². The van der Waals surface area contributed by atoms with Crippen LogP contribution >= 0.6 is 0 Å². The molecule has 126 valence electrons. The van der Waals surface area contributed by atoms with Crippen molar-refractivity contribution in [3.63, 3.8) is 0 Å². The van der Waals surface area contributed by atoms with Crippen molar-refractivity contribution in [3.05, 3.63) is 29.8 Å². The standard InChI is InChI=1S/C18H24O5/c1-5-22-16(21)18(10-12-6-8-13(19)9-7-12)11-14(18)15(20)23-17(2,3)4/h6-9,14,19H,5,10-11H2,1-4H3. The lowest BCUT2D eigenvalue weighted by Crippen LogP contribution is -2.30. The molecule has 1 fully saturated rings. The maximum Gasteiger partial charge on any atom is 0.313 e. The summed E-state index contributed by atoms with van der Waals surface area (Å²) in [5.41, 5.74) is -0.560. The summed E-state index contributed by atoms with van der Waals surface area (Å²) >= 11 is 0. The molecule has 1 saturated carbocycles. The summed E-state index contributed by atoms with van der Waals surface area (Å²) in [6, 6.07) is 6.64. The third-order valence-electron chi connectivity index (χ3n) is 3.90. The molecule has 2 atom stereocenters. The van der Waals surface area contributed by atoms with Crippen LogP contribution in [-0.2, 0) is 25.5 Å². The predicted octanol–water partition coefficient (Wildman–Crippen LogP) is 2.85. The summed E-state index contributed by atoms with van der Waals surface area (Å²) in [5.74, 6) is -1.03. The van der Waals surface area contributed by atoms with Gasteiger partial charge in [0.15, 0.2) is 0 Å². The van der Waals surface area contributed by atoms with Gasteiger partial charge >= 0.3 is 11.9 Å². The Morgan fingerprint density at radius 1 is 1.26 bits per heavy atom. The van der Waals surface area contributed by atoms with Gasteiger partial charge in [-0.2, -0.15) is 0 Å². The van der Waals surface area contributed by atoms with Crippen LogP contribution in [0, 0.1) is 11.3 Å². The first-order valence-electron chi connectivity index (χ1n) is 7.86. The Balaban J connectivity index is 2.17. The molecule has 5 heteroatoms. The number of phenolic OH excluding ortho intramolecular Hbond substituents is 1. The molecular weight excluding hydrogens is 296 g/mol. The fraction of sp³-hybridized carbons (Fsp3) is 0.556. The van der Waals surface area contributed by atoms with Gasteiger partial charge in [-0.15, -0.1) is 0 Å². The maximum absolute atomic E-state index is 12.4. The summed E-state index contributed by atoms with van der Waals surface area (Å²) in [7, 11) is 0. The fourth-order valence-electron chi connectivity index (χ4n) is 2.73. The molecule has 0 spiro atoms. The molecule has 1 aliphatic carbocycles. The van der Waals surface area contributed by atoms with E-state index in [1.807, 2.05) is 0 Å². The van der Waals surface area contributed by atoms with Crippen molar-refractivity contribution in [2.24, 2.45) is 11.3 Å². The SMILES string of the molecule is CCOC(=O)C1(Cc2ccc(O)cc2)CC1C(=O)OC(C)(C)C. The molecule has 2 rings (SSSR count). The number of rotatable bonds is 5. The van der Waals surface area contributed by atoms with Crippen LogP contribution in [0.25, 0.3) is 0 Å². The molecule has 0 aliphatic heterocycles. The van der Waals surface area contributed by atoms with Crippen molar-refractivity contribution in [2.75, 3.05) is 6.61 Å². The lowest BCUT2D eigenvalue weighted by molar-refractivity contribution is -0.162. The number of benzene rings is 1. The Labute approximate surface area is 136 Å². The number of hydrogen-bond donors (Lipinski definition) is 1. The molecular formula is C18H24O5. The number of esters is 2. The van der Waals surface area contributed by atoms with Crippen LogP contribution in [0.3, 0.4) is 0 Å². The van der Waals surface area contributed by atoms with Gasteiger partial charge in [-0.3, -0.25) is 9.59 Å². The zero-order valence-corrected chi connectivity index (χ0v) is 14.1. The van der Waals surface area contributed by atoms with Crippen molar-refractivity contribution in [3.8, 4) is 5.75 Å². The van der Waals surface area contributed by atoms with E-state index in [-0.39, 0.29) is 24.3 Å². The minimum atomic E-state index is -0.852. The maximum atomic E-state index is 12.4. The second-order valence-corrected chi connectivity index (χ2v) is 7.01. The molecule has 0 radical (unpaired) electrons. The molecule has 0 heterocycles. The van der Waals surface area contributed by atoms with Gasteiger partial charge in [0.2, 0.25) is 0 Å². The molecule has 0 aromatic heterocycles. The summed E-state index contributed by atoms with van der Waals surface area (Å²) in [6.45, 7) is 7.44. The Bertz CT molecular complexity index is 584. The average Bonchev–Trinajstić information content (AvgIpc) is 3.16. The van der Waals surface area contributed by atoms with Gasteiger partial charge in [-0.25, -0.2) is 0 Å². The largest absolute Gasteiger partial charge is 0.508 e. The quantitative estimate of drug-likeness (QED) is 0.845. The van der Waals surface area contributed by atoms with E-state index in [9.17, 15) is 14.7 Å². The third-order valence-corrected chi connectivity index (χ3v) is 3.90. The van der Waals surface area contributed by atoms with Crippen molar-refractivity contribution >= 4 is 11.9 Å². The lowest BCUT2D eigenvalue weighted by Gasteiger charge is -2.21. The van der Waals surface area contributed by atoms with Crippen LogP contribution in [0.5, 0.6) is 5.75 Å². The van der Waals surface area contributed by atoms with Crippen LogP contribution < -0.4 is 0 Å². The molecule has 2 unspecified atom stereocenters. The van der Waals surface area contributed by atoms with E-state index < -0.39 is 16.9 Å². The zero-order chi connectivity index (χ0) is 17.3. The number of carbonyl (C=O) groups is 2. The average molecular weight is 320 g/mol. The Hall–Kier alpha value is -2.04. The van der Waals surface area contributed by atoms with Gasteiger partial charge in [0, 0.05) is 0 Å². The van der Waals surface area contributed by atoms with Crippen LogP contribution in [0.2, 0.25) is 0 Å². The molecule has 1 aromatic rings. The summed E-state index contributed by atoms with van der Waals surface area (Å²) in [6.07, 6.45) is 0.831. The molecule has 1 aliphatic rings. The van der Waals surface area contributed by atoms with E-state index in [0.29, 0.717) is 12.8 Å². The summed E-state index contributed by atoms with van der Waals surface area (Å²) in [4.78, 5) is 24.7. The first-order chi connectivity index (χ1) is 10.7. The van der Waals surface area contributed by atoms with E-state index in [2.05, 4.69) is 0 Å². The van der Waals surface area contributed by atoms with Gasteiger partial charge in [-0.1, -0.05) is 12.1 Å². The van der Waals surface area contributed by atoms with Crippen molar-refractivity contribution in [2.45, 2.75) is 46.1 Å². The van der Waals surface area contributed by atoms with Gasteiger partial charge in [0.05, 0.1) is 17.9 Å².